The van der Waals surface area contributed by atoms with Crippen LogP contribution >= 0.6 is 0 Å². The predicted molar refractivity (Wildman–Crippen MR) is 99.2 cm³/mol. The third kappa shape index (κ3) is 2.19. The molecule has 2 bridgehead atoms. The second-order valence-electron chi connectivity index (χ2n) is 8.16. The van der Waals surface area contributed by atoms with E-state index < -0.39 is 0 Å². The fourth-order valence-corrected chi connectivity index (χ4v) is 5.46. The van der Waals surface area contributed by atoms with Crippen LogP contribution in [0.3, 0.4) is 0 Å². The summed E-state index contributed by atoms with van der Waals surface area (Å²) in [5.41, 5.74) is 3.18. The van der Waals surface area contributed by atoms with Gasteiger partial charge >= 0.3 is 0 Å². The molecule has 5 rings (SSSR count). The van der Waals surface area contributed by atoms with Crippen molar-refractivity contribution in [3.05, 3.63) is 41.0 Å². The molecule has 1 aromatic heterocycles. The highest BCUT2D eigenvalue weighted by molar-refractivity contribution is 5.95. The largest absolute Gasteiger partial charge is 0.494 e. The number of ketones is 1. The number of Topliss-reactive ketones (excluding diaryl/α,β-unsaturated/α-hetero) is 1. The molecule has 3 aliphatic rings. The van der Waals surface area contributed by atoms with E-state index in [-0.39, 0.29) is 35.4 Å². The quantitative estimate of drug-likeness (QED) is 0.722. The number of benzene rings is 1. The van der Waals surface area contributed by atoms with Crippen molar-refractivity contribution in [2.24, 2.45) is 5.41 Å². The number of hydrogen-bond acceptors (Lipinski definition) is 4. The Bertz CT molecular complexity index is 932. The average Bonchev–Trinajstić information content (AvgIpc) is 3.25. The SMILES string of the molecule is CC(=O)c1ccc(NC(=O)Cn2c(O)c3c(c2O)C2CCC3C23CC3)cc1. The van der Waals surface area contributed by atoms with Gasteiger partial charge in [-0.15, -0.1) is 0 Å². The van der Waals surface area contributed by atoms with Crippen LogP contribution in [-0.2, 0) is 11.3 Å². The molecule has 2 saturated carbocycles. The monoisotopic (exact) mass is 366 g/mol. The maximum Gasteiger partial charge on any atom is 0.244 e. The molecule has 0 radical (unpaired) electrons. The molecular weight excluding hydrogens is 344 g/mol. The summed E-state index contributed by atoms with van der Waals surface area (Å²) >= 11 is 0. The molecule has 2 unspecified atom stereocenters. The first-order valence-electron chi connectivity index (χ1n) is 9.47. The number of amides is 1. The van der Waals surface area contributed by atoms with Gasteiger partial charge in [0.25, 0.3) is 0 Å². The van der Waals surface area contributed by atoms with Gasteiger partial charge in [0.1, 0.15) is 6.54 Å². The molecule has 2 atom stereocenters. The number of carbonyl (C=O) groups excluding carboxylic acids is 2. The molecule has 2 aromatic rings. The number of rotatable bonds is 4. The normalized spacial score (nSPS) is 23.4. The predicted octanol–water partition coefficient (Wildman–Crippen LogP) is 3.50. The zero-order valence-electron chi connectivity index (χ0n) is 15.2. The summed E-state index contributed by atoms with van der Waals surface area (Å²) < 4.78 is 1.32. The highest BCUT2D eigenvalue weighted by atomic mass is 16.3. The van der Waals surface area contributed by atoms with Gasteiger partial charge in [0, 0.05) is 22.4 Å². The third-order valence-corrected chi connectivity index (χ3v) is 6.82. The fourth-order valence-electron chi connectivity index (χ4n) is 5.46. The number of nitrogens with zero attached hydrogens (tertiary/aromatic N) is 1. The second-order valence-corrected chi connectivity index (χ2v) is 8.16. The van der Waals surface area contributed by atoms with Crippen LogP contribution in [0.5, 0.6) is 11.8 Å². The van der Waals surface area contributed by atoms with E-state index in [0.717, 1.165) is 24.0 Å². The highest BCUT2D eigenvalue weighted by Crippen LogP contribution is 2.78. The number of hydrogen-bond donors (Lipinski definition) is 3. The average molecular weight is 366 g/mol. The first-order chi connectivity index (χ1) is 12.9. The van der Waals surface area contributed by atoms with E-state index in [1.807, 2.05) is 0 Å². The molecule has 1 spiro atoms. The number of carbonyl (C=O) groups is 2. The van der Waals surface area contributed by atoms with Gasteiger partial charge in [0.2, 0.25) is 5.91 Å². The third-order valence-electron chi connectivity index (χ3n) is 6.82. The Labute approximate surface area is 156 Å². The highest BCUT2D eigenvalue weighted by Gasteiger charge is 2.66. The Kier molecular flexibility index (Phi) is 3.27. The van der Waals surface area contributed by atoms with Crippen LogP contribution in [0.25, 0.3) is 0 Å². The van der Waals surface area contributed by atoms with Gasteiger partial charge in [-0.2, -0.15) is 0 Å². The van der Waals surface area contributed by atoms with Crippen LogP contribution < -0.4 is 5.32 Å². The zero-order valence-corrected chi connectivity index (χ0v) is 15.2. The van der Waals surface area contributed by atoms with Gasteiger partial charge < -0.3 is 15.5 Å². The molecule has 0 saturated heterocycles. The topological polar surface area (TPSA) is 91.6 Å². The van der Waals surface area contributed by atoms with Gasteiger partial charge in [-0.3, -0.25) is 14.2 Å². The number of aromatic nitrogens is 1. The van der Waals surface area contributed by atoms with E-state index in [2.05, 4.69) is 5.32 Å². The van der Waals surface area contributed by atoms with E-state index >= 15 is 0 Å². The van der Waals surface area contributed by atoms with Crippen LogP contribution in [0.1, 0.15) is 65.9 Å². The van der Waals surface area contributed by atoms with Crippen LogP contribution in [0.15, 0.2) is 24.3 Å². The summed E-state index contributed by atoms with van der Waals surface area (Å²) in [5.74, 6) is 0.371. The van der Waals surface area contributed by atoms with Gasteiger partial charge in [0.05, 0.1) is 0 Å². The molecule has 140 valence electrons. The van der Waals surface area contributed by atoms with Crippen molar-refractivity contribution in [1.82, 2.24) is 4.57 Å². The molecule has 3 aliphatic carbocycles. The summed E-state index contributed by atoms with van der Waals surface area (Å²) in [6.07, 6.45) is 4.46. The summed E-state index contributed by atoms with van der Waals surface area (Å²) in [4.78, 5) is 23.8. The van der Waals surface area contributed by atoms with Crippen molar-refractivity contribution in [2.45, 2.75) is 51.0 Å². The lowest BCUT2D eigenvalue weighted by Gasteiger charge is -2.16. The van der Waals surface area contributed by atoms with Gasteiger partial charge in [-0.05, 0) is 74.1 Å². The molecular formula is C21H22N2O4. The van der Waals surface area contributed by atoms with E-state index in [9.17, 15) is 19.8 Å². The van der Waals surface area contributed by atoms with Crippen molar-refractivity contribution in [2.75, 3.05) is 5.32 Å². The Morgan fingerprint density at radius 3 is 2.11 bits per heavy atom. The number of nitrogens with one attached hydrogen (secondary N) is 1. The fraction of sp³-hybridized carbons (Fsp3) is 0.429. The molecule has 1 heterocycles. The second kappa shape index (κ2) is 5.38. The smallest absolute Gasteiger partial charge is 0.244 e. The molecule has 3 N–H and O–H groups in total. The lowest BCUT2D eigenvalue weighted by Crippen LogP contribution is -2.19. The Morgan fingerprint density at radius 2 is 1.63 bits per heavy atom. The minimum absolute atomic E-state index is 0.0346. The molecule has 6 heteroatoms. The van der Waals surface area contributed by atoms with Gasteiger partial charge in [-0.1, -0.05) is 0 Å². The maximum absolute atomic E-state index is 12.4. The Morgan fingerprint density at radius 1 is 1.07 bits per heavy atom. The lowest BCUT2D eigenvalue weighted by molar-refractivity contribution is -0.116. The van der Waals surface area contributed by atoms with Crippen molar-refractivity contribution in [3.63, 3.8) is 0 Å². The standard InChI is InChI=1S/C21H22N2O4/c1-11(24)12-2-4-13(5-3-12)22-16(25)10-23-19(26)17-14-6-7-15(18(17)20(23)27)21(14)8-9-21/h2-5,14-15,26-27H,6-10H2,1H3,(H,22,25). The van der Waals surface area contributed by atoms with Crippen LogP contribution in [0.4, 0.5) is 5.69 Å². The Balaban J connectivity index is 1.36. The number of aromatic hydroxyl groups is 2. The van der Waals surface area contributed by atoms with E-state index in [1.165, 1.54) is 24.3 Å². The van der Waals surface area contributed by atoms with Crippen LogP contribution in [0.2, 0.25) is 0 Å². The van der Waals surface area contributed by atoms with Crippen molar-refractivity contribution in [3.8, 4) is 11.8 Å². The molecule has 6 nitrogen and oxygen atoms in total. The van der Waals surface area contributed by atoms with E-state index in [0.29, 0.717) is 23.1 Å². The molecule has 0 aliphatic heterocycles. The minimum atomic E-state index is -0.335. The number of anilines is 1. The van der Waals surface area contributed by atoms with Crippen molar-refractivity contribution in [1.29, 1.82) is 0 Å². The molecule has 2 fully saturated rings. The lowest BCUT2D eigenvalue weighted by atomic mass is 9.91. The van der Waals surface area contributed by atoms with Crippen LogP contribution in [-0.4, -0.2) is 26.5 Å². The molecule has 27 heavy (non-hydrogen) atoms. The van der Waals surface area contributed by atoms with E-state index in [4.69, 9.17) is 0 Å². The minimum Gasteiger partial charge on any atom is -0.494 e. The first-order valence-corrected chi connectivity index (χ1v) is 9.47. The van der Waals surface area contributed by atoms with Gasteiger partial charge in [0.15, 0.2) is 17.5 Å². The summed E-state index contributed by atoms with van der Waals surface area (Å²) in [6, 6.07) is 6.65. The summed E-state index contributed by atoms with van der Waals surface area (Å²) in [6.45, 7) is 1.34. The van der Waals surface area contributed by atoms with E-state index in [1.54, 1.807) is 24.3 Å². The molecule has 1 aromatic carbocycles. The van der Waals surface area contributed by atoms with Crippen molar-refractivity contribution >= 4 is 17.4 Å². The van der Waals surface area contributed by atoms with Gasteiger partial charge in [-0.25, -0.2) is 0 Å². The summed E-state index contributed by atoms with van der Waals surface area (Å²) in [7, 11) is 0. The van der Waals surface area contributed by atoms with Crippen LogP contribution in [0, 0.1) is 5.41 Å². The Hall–Kier alpha value is -2.76. The maximum atomic E-state index is 12.4. The number of fused-ring (bicyclic) bond motifs is 3. The summed E-state index contributed by atoms with van der Waals surface area (Å²) in [5, 5.41) is 24.2. The molecule has 1 amide bonds. The van der Waals surface area contributed by atoms with Crippen molar-refractivity contribution < 1.29 is 19.8 Å². The first kappa shape index (κ1) is 16.4. The zero-order chi connectivity index (χ0) is 18.9.